The minimum Gasteiger partial charge on any atom is -0.490 e. The second-order valence-corrected chi connectivity index (χ2v) is 7.39. The van der Waals surface area contributed by atoms with Crippen LogP contribution in [0.25, 0.3) is 0 Å². The summed E-state index contributed by atoms with van der Waals surface area (Å²) in [5.74, 6) is 0.965. The minimum absolute atomic E-state index is 0.295. The molecule has 31 heavy (non-hydrogen) atoms. The van der Waals surface area contributed by atoms with Crippen molar-refractivity contribution in [3.8, 4) is 17.6 Å². The van der Waals surface area contributed by atoms with Crippen LogP contribution < -0.4 is 14.8 Å². The quantitative estimate of drug-likeness (QED) is 0.502. The third kappa shape index (κ3) is 6.95. The first kappa shape index (κ1) is 22.5. The van der Waals surface area contributed by atoms with Crippen molar-refractivity contribution < 1.29 is 14.3 Å². The maximum Gasteiger partial charge on any atom is 0.261 e. The molecule has 0 bridgehead atoms. The number of carbonyl (C=O) groups excluding carboxylic acids is 1. The first-order valence-corrected chi connectivity index (χ1v) is 10.7. The summed E-state index contributed by atoms with van der Waals surface area (Å²) in [6.07, 6.45) is 0.522. The van der Waals surface area contributed by atoms with E-state index in [1.165, 1.54) is 0 Å². The Morgan fingerprint density at radius 1 is 1.00 bits per heavy atom. The number of piperazine rings is 1. The fourth-order valence-corrected chi connectivity index (χ4v) is 3.51. The Hall–Kier alpha value is -3.15. The van der Waals surface area contributed by atoms with E-state index < -0.39 is 0 Å². The van der Waals surface area contributed by atoms with Crippen LogP contribution in [0.1, 0.15) is 16.8 Å². The Labute approximate surface area is 188 Å². The van der Waals surface area contributed by atoms with Crippen molar-refractivity contribution in [3.63, 3.8) is 0 Å². The number of thiocarbonyl (C=S) groups is 1. The number of rotatable bonds is 8. The number of hydrogen-bond donors (Lipinski definition) is 1. The summed E-state index contributed by atoms with van der Waals surface area (Å²) in [6, 6.07) is 18.8. The SMILES string of the molecule is N#CCCN1CCN(C(=S)NC(=O)c2ccccc2OCCOc2ccccc2)CC1. The molecule has 0 aromatic heterocycles. The van der Waals surface area contributed by atoms with E-state index in [0.717, 1.165) is 38.5 Å². The zero-order chi connectivity index (χ0) is 21.9. The Balaban J connectivity index is 1.48. The van der Waals surface area contributed by atoms with Crippen LogP contribution >= 0.6 is 12.2 Å². The summed E-state index contributed by atoms with van der Waals surface area (Å²) in [6.45, 7) is 4.53. The van der Waals surface area contributed by atoms with Crippen LogP contribution in [0.15, 0.2) is 54.6 Å². The number of ether oxygens (including phenoxy) is 2. The summed E-state index contributed by atoms with van der Waals surface area (Å²) >= 11 is 5.44. The van der Waals surface area contributed by atoms with Gasteiger partial charge in [-0.3, -0.25) is 15.0 Å². The molecule has 1 aliphatic heterocycles. The molecular formula is C23H26N4O3S. The molecule has 1 heterocycles. The van der Waals surface area contributed by atoms with Gasteiger partial charge in [-0.2, -0.15) is 5.26 Å². The maximum atomic E-state index is 12.8. The molecule has 1 amide bonds. The van der Waals surface area contributed by atoms with Gasteiger partial charge in [-0.25, -0.2) is 0 Å². The molecular weight excluding hydrogens is 412 g/mol. The topological polar surface area (TPSA) is 77.8 Å². The fourth-order valence-electron chi connectivity index (χ4n) is 3.23. The molecule has 2 aromatic rings. The second kappa shape index (κ2) is 11.9. The number of carbonyl (C=O) groups is 1. The van der Waals surface area contributed by atoms with Crippen LogP contribution in [-0.4, -0.2) is 66.8 Å². The van der Waals surface area contributed by atoms with Crippen molar-refractivity contribution in [2.45, 2.75) is 6.42 Å². The molecule has 8 heteroatoms. The predicted octanol–water partition coefficient (Wildman–Crippen LogP) is 2.69. The normalized spacial score (nSPS) is 13.8. The summed E-state index contributed by atoms with van der Waals surface area (Å²) in [5.41, 5.74) is 0.428. The molecule has 162 valence electrons. The van der Waals surface area contributed by atoms with Gasteiger partial charge >= 0.3 is 0 Å². The van der Waals surface area contributed by atoms with Gasteiger partial charge in [0, 0.05) is 39.1 Å². The summed E-state index contributed by atoms with van der Waals surface area (Å²) in [5, 5.41) is 11.9. The molecule has 0 aliphatic carbocycles. The zero-order valence-electron chi connectivity index (χ0n) is 17.3. The van der Waals surface area contributed by atoms with Gasteiger partial charge in [0.05, 0.1) is 11.6 Å². The van der Waals surface area contributed by atoms with E-state index in [9.17, 15) is 4.79 Å². The molecule has 0 spiro atoms. The van der Waals surface area contributed by atoms with Crippen LogP contribution in [0, 0.1) is 11.3 Å². The lowest BCUT2D eigenvalue weighted by Gasteiger charge is -2.35. The van der Waals surface area contributed by atoms with Crippen molar-refractivity contribution >= 4 is 23.2 Å². The Morgan fingerprint density at radius 2 is 1.68 bits per heavy atom. The molecule has 2 aromatic carbocycles. The van der Waals surface area contributed by atoms with Gasteiger partial charge < -0.3 is 14.4 Å². The van der Waals surface area contributed by atoms with Gasteiger partial charge in [-0.05, 0) is 36.5 Å². The van der Waals surface area contributed by atoms with Gasteiger partial charge in [-0.15, -0.1) is 0 Å². The lowest BCUT2D eigenvalue weighted by Crippen LogP contribution is -2.52. The average molecular weight is 439 g/mol. The van der Waals surface area contributed by atoms with Crippen molar-refractivity contribution in [1.82, 2.24) is 15.1 Å². The zero-order valence-corrected chi connectivity index (χ0v) is 18.1. The molecule has 7 nitrogen and oxygen atoms in total. The summed E-state index contributed by atoms with van der Waals surface area (Å²) in [4.78, 5) is 17.0. The highest BCUT2D eigenvalue weighted by molar-refractivity contribution is 7.80. The van der Waals surface area contributed by atoms with E-state index in [1.54, 1.807) is 18.2 Å². The number of amides is 1. The molecule has 0 radical (unpaired) electrons. The number of nitrogens with zero attached hydrogens (tertiary/aromatic N) is 3. The second-order valence-electron chi connectivity index (χ2n) is 7.00. The molecule has 1 fully saturated rings. The Bertz CT molecular complexity index is 909. The van der Waals surface area contributed by atoms with Gasteiger partial charge in [0.15, 0.2) is 5.11 Å². The highest BCUT2D eigenvalue weighted by atomic mass is 32.1. The van der Waals surface area contributed by atoms with Gasteiger partial charge in [-0.1, -0.05) is 30.3 Å². The summed E-state index contributed by atoms with van der Waals surface area (Å²) in [7, 11) is 0. The molecule has 1 N–H and O–H groups in total. The van der Waals surface area contributed by atoms with Crippen LogP contribution in [0.4, 0.5) is 0 Å². The molecule has 0 unspecified atom stereocenters. The van der Waals surface area contributed by atoms with Crippen molar-refractivity contribution in [3.05, 3.63) is 60.2 Å². The third-order valence-electron chi connectivity index (χ3n) is 4.90. The van der Waals surface area contributed by atoms with Crippen molar-refractivity contribution in [2.24, 2.45) is 0 Å². The molecule has 1 saturated heterocycles. The number of nitriles is 1. The minimum atomic E-state index is -0.295. The first-order chi connectivity index (χ1) is 15.2. The van der Waals surface area contributed by atoms with E-state index in [-0.39, 0.29) is 5.91 Å². The van der Waals surface area contributed by atoms with Crippen LogP contribution in [0.5, 0.6) is 11.5 Å². The standard InChI is InChI=1S/C23H26N4O3S/c24-11-6-12-26-13-15-27(16-14-26)23(31)25-22(28)20-9-4-5-10-21(20)30-18-17-29-19-7-2-1-3-8-19/h1-5,7-10H,6,12-18H2,(H,25,28,31). The van der Waals surface area contributed by atoms with Crippen molar-refractivity contribution in [2.75, 3.05) is 45.9 Å². The van der Waals surface area contributed by atoms with Gasteiger partial charge in [0.25, 0.3) is 5.91 Å². The Morgan fingerprint density at radius 3 is 2.42 bits per heavy atom. The fraction of sp³-hybridized carbons (Fsp3) is 0.348. The smallest absolute Gasteiger partial charge is 0.261 e. The number of para-hydroxylation sites is 2. The Kier molecular flexibility index (Phi) is 8.64. The largest absolute Gasteiger partial charge is 0.490 e. The van der Waals surface area contributed by atoms with Gasteiger partial charge in [0.1, 0.15) is 24.7 Å². The maximum absolute atomic E-state index is 12.8. The highest BCUT2D eigenvalue weighted by Crippen LogP contribution is 2.18. The van der Waals surface area contributed by atoms with E-state index in [1.807, 2.05) is 41.3 Å². The average Bonchev–Trinajstić information content (AvgIpc) is 2.81. The van der Waals surface area contributed by atoms with Gasteiger partial charge in [0.2, 0.25) is 0 Å². The monoisotopic (exact) mass is 438 g/mol. The molecule has 0 saturated carbocycles. The lowest BCUT2D eigenvalue weighted by molar-refractivity contribution is 0.0964. The van der Waals surface area contributed by atoms with Crippen molar-refractivity contribution in [1.29, 1.82) is 5.26 Å². The predicted molar refractivity (Wildman–Crippen MR) is 122 cm³/mol. The number of nitrogens with one attached hydrogen (secondary N) is 1. The van der Waals surface area contributed by atoms with Crippen LogP contribution in [0.3, 0.4) is 0 Å². The lowest BCUT2D eigenvalue weighted by atomic mass is 10.2. The number of benzene rings is 2. The van der Waals surface area contributed by atoms with Crippen LogP contribution in [0.2, 0.25) is 0 Å². The number of hydrogen-bond acceptors (Lipinski definition) is 6. The van der Waals surface area contributed by atoms with E-state index >= 15 is 0 Å². The van der Waals surface area contributed by atoms with E-state index in [0.29, 0.717) is 36.1 Å². The van der Waals surface area contributed by atoms with E-state index in [2.05, 4.69) is 16.3 Å². The molecule has 3 rings (SSSR count). The summed E-state index contributed by atoms with van der Waals surface area (Å²) < 4.78 is 11.4. The third-order valence-corrected chi connectivity index (χ3v) is 5.26. The van der Waals surface area contributed by atoms with Crippen LogP contribution in [-0.2, 0) is 0 Å². The highest BCUT2D eigenvalue weighted by Gasteiger charge is 2.21. The molecule has 0 atom stereocenters. The van der Waals surface area contributed by atoms with E-state index in [4.69, 9.17) is 27.0 Å². The first-order valence-electron chi connectivity index (χ1n) is 10.3. The molecule has 1 aliphatic rings.